The van der Waals surface area contributed by atoms with Crippen molar-refractivity contribution in [2.24, 2.45) is 0 Å². The molecule has 4 heterocycles. The number of rotatable bonds is 2. The number of benzene rings is 1. The van der Waals surface area contributed by atoms with Gasteiger partial charge in [-0.05, 0) is 37.5 Å². The zero-order valence-electron chi connectivity index (χ0n) is 16.5. The van der Waals surface area contributed by atoms with Crippen LogP contribution in [0.5, 0.6) is 0 Å². The molecule has 3 aliphatic rings. The highest BCUT2D eigenvalue weighted by Gasteiger charge is 2.57. The molecule has 1 aromatic heterocycles. The third kappa shape index (κ3) is 2.89. The number of aromatic nitrogens is 1. The molecule has 6 nitrogen and oxygen atoms in total. The fraction of sp³-hybridized carbons (Fsp3) is 0.435. The quantitative estimate of drug-likeness (QED) is 0.789. The summed E-state index contributed by atoms with van der Waals surface area (Å²) in [6, 6.07) is 16.3. The van der Waals surface area contributed by atoms with Crippen LogP contribution in [0, 0.1) is 18.3 Å². The van der Waals surface area contributed by atoms with E-state index in [2.05, 4.69) is 28.1 Å². The summed E-state index contributed by atoms with van der Waals surface area (Å²) in [5.74, 6) is 1.02. The van der Waals surface area contributed by atoms with Gasteiger partial charge in [-0.3, -0.25) is 4.79 Å². The highest BCUT2D eigenvalue weighted by atomic mass is 16.6. The van der Waals surface area contributed by atoms with Gasteiger partial charge in [-0.2, -0.15) is 5.26 Å². The Hall–Kier alpha value is -2.91. The molecular formula is C23H24N4O2. The van der Waals surface area contributed by atoms with Crippen LogP contribution in [-0.2, 0) is 9.53 Å². The van der Waals surface area contributed by atoms with E-state index in [0.29, 0.717) is 18.4 Å². The van der Waals surface area contributed by atoms with Gasteiger partial charge in [0.1, 0.15) is 18.1 Å². The molecule has 148 valence electrons. The van der Waals surface area contributed by atoms with E-state index < -0.39 is 5.60 Å². The van der Waals surface area contributed by atoms with Crippen molar-refractivity contribution in [3.05, 3.63) is 59.3 Å². The minimum atomic E-state index is -0.698. The maximum atomic E-state index is 13.5. The Kier molecular flexibility index (Phi) is 4.29. The molecule has 0 N–H and O–H groups in total. The lowest BCUT2D eigenvalue weighted by Crippen LogP contribution is -2.50. The van der Waals surface area contributed by atoms with Crippen LogP contribution >= 0.6 is 0 Å². The number of ether oxygens (including phenoxy) is 1. The van der Waals surface area contributed by atoms with Crippen molar-refractivity contribution in [2.45, 2.75) is 50.5 Å². The summed E-state index contributed by atoms with van der Waals surface area (Å²) < 4.78 is 6.41. The Labute approximate surface area is 170 Å². The van der Waals surface area contributed by atoms with E-state index in [0.717, 1.165) is 37.4 Å². The first kappa shape index (κ1) is 18.1. The molecule has 6 heteroatoms. The van der Waals surface area contributed by atoms with E-state index in [-0.39, 0.29) is 18.2 Å². The molecule has 1 spiro atoms. The van der Waals surface area contributed by atoms with Crippen molar-refractivity contribution in [3.8, 4) is 6.07 Å². The lowest BCUT2D eigenvalue weighted by Gasteiger charge is -2.38. The molecule has 0 aliphatic carbocycles. The van der Waals surface area contributed by atoms with Crippen molar-refractivity contribution in [1.29, 1.82) is 5.26 Å². The molecule has 3 fully saturated rings. The molecule has 2 atom stereocenters. The molecular weight excluding hydrogens is 364 g/mol. The topological polar surface area (TPSA) is 69.5 Å². The van der Waals surface area contributed by atoms with Crippen LogP contribution < -0.4 is 4.90 Å². The highest BCUT2D eigenvalue weighted by Crippen LogP contribution is 2.47. The van der Waals surface area contributed by atoms with E-state index in [1.54, 1.807) is 0 Å². The van der Waals surface area contributed by atoms with Crippen LogP contribution in [0.25, 0.3) is 0 Å². The number of nitrogens with zero attached hydrogens (tertiary/aromatic N) is 4. The van der Waals surface area contributed by atoms with Crippen LogP contribution in [0.1, 0.15) is 48.5 Å². The van der Waals surface area contributed by atoms with E-state index in [9.17, 15) is 4.79 Å². The predicted molar refractivity (Wildman–Crippen MR) is 108 cm³/mol. The average molecular weight is 388 g/mol. The number of piperidine rings is 1. The largest absolute Gasteiger partial charge is 0.356 e. The number of carbonyl (C=O) groups excluding carboxylic acids is 1. The third-order valence-electron chi connectivity index (χ3n) is 6.59. The normalized spacial score (nSPS) is 25.3. The standard InChI is InChI=1S/C23H24N4O2/c1-16-18(15-24)7-9-20(25-16)26-13-11-23(12-14-26)22(28)27-19(8-10-21(27)29-23)17-5-3-2-4-6-17/h2-7,9,19,21H,8,10-14H2,1H3. The number of nitriles is 1. The second-order valence-electron chi connectivity index (χ2n) is 8.18. The molecule has 3 saturated heterocycles. The Morgan fingerprint density at radius 1 is 1.14 bits per heavy atom. The highest BCUT2D eigenvalue weighted by molar-refractivity contribution is 5.88. The maximum Gasteiger partial charge on any atom is 0.257 e. The number of hydrogen-bond acceptors (Lipinski definition) is 5. The first-order valence-corrected chi connectivity index (χ1v) is 10.3. The molecule has 29 heavy (non-hydrogen) atoms. The summed E-state index contributed by atoms with van der Waals surface area (Å²) >= 11 is 0. The van der Waals surface area contributed by atoms with E-state index >= 15 is 0 Å². The summed E-state index contributed by atoms with van der Waals surface area (Å²) in [6.07, 6.45) is 3.08. The van der Waals surface area contributed by atoms with Gasteiger partial charge in [0.25, 0.3) is 5.91 Å². The molecule has 1 amide bonds. The molecule has 5 rings (SSSR count). The van der Waals surface area contributed by atoms with Gasteiger partial charge in [0.2, 0.25) is 0 Å². The fourth-order valence-corrected chi connectivity index (χ4v) is 4.99. The summed E-state index contributed by atoms with van der Waals surface area (Å²) in [5, 5.41) is 9.11. The summed E-state index contributed by atoms with van der Waals surface area (Å²) in [7, 11) is 0. The van der Waals surface area contributed by atoms with Gasteiger partial charge in [-0.1, -0.05) is 30.3 Å². The Bertz CT molecular complexity index is 976. The molecule has 2 unspecified atom stereocenters. The Morgan fingerprint density at radius 2 is 1.90 bits per heavy atom. The van der Waals surface area contributed by atoms with E-state index in [1.807, 2.05) is 42.2 Å². The third-order valence-corrected chi connectivity index (χ3v) is 6.59. The molecule has 0 radical (unpaired) electrons. The second kappa shape index (κ2) is 6.85. The van der Waals surface area contributed by atoms with Crippen molar-refractivity contribution < 1.29 is 9.53 Å². The number of anilines is 1. The molecule has 0 saturated carbocycles. The zero-order chi connectivity index (χ0) is 20.0. The van der Waals surface area contributed by atoms with Crippen LogP contribution in [0.15, 0.2) is 42.5 Å². The maximum absolute atomic E-state index is 13.5. The average Bonchev–Trinajstić information content (AvgIpc) is 3.27. The van der Waals surface area contributed by atoms with Crippen LogP contribution in [-0.4, -0.2) is 40.7 Å². The fourth-order valence-electron chi connectivity index (χ4n) is 4.99. The summed E-state index contributed by atoms with van der Waals surface area (Å²) in [5.41, 5.74) is 1.84. The van der Waals surface area contributed by atoms with Gasteiger partial charge >= 0.3 is 0 Å². The summed E-state index contributed by atoms with van der Waals surface area (Å²) in [6.45, 7) is 3.30. The van der Waals surface area contributed by atoms with Crippen molar-refractivity contribution in [1.82, 2.24) is 9.88 Å². The molecule has 1 aromatic carbocycles. The molecule has 2 aromatic rings. The van der Waals surface area contributed by atoms with Gasteiger partial charge in [0.15, 0.2) is 5.60 Å². The van der Waals surface area contributed by atoms with Crippen molar-refractivity contribution in [3.63, 3.8) is 0 Å². The second-order valence-corrected chi connectivity index (χ2v) is 8.18. The number of hydrogen-bond donors (Lipinski definition) is 0. The minimum Gasteiger partial charge on any atom is -0.356 e. The summed E-state index contributed by atoms with van der Waals surface area (Å²) in [4.78, 5) is 22.2. The smallest absolute Gasteiger partial charge is 0.257 e. The van der Waals surface area contributed by atoms with E-state index in [1.165, 1.54) is 5.56 Å². The van der Waals surface area contributed by atoms with E-state index in [4.69, 9.17) is 10.00 Å². The molecule has 0 bridgehead atoms. The van der Waals surface area contributed by atoms with Gasteiger partial charge in [-0.25, -0.2) is 4.98 Å². The lowest BCUT2D eigenvalue weighted by molar-refractivity contribution is -0.140. The lowest BCUT2D eigenvalue weighted by atomic mass is 9.89. The minimum absolute atomic E-state index is 0.102. The SMILES string of the molecule is Cc1nc(N2CCC3(CC2)OC2CCC(c4ccccc4)N2C3=O)ccc1C#N. The number of aryl methyl sites for hydroxylation is 1. The van der Waals surface area contributed by atoms with Crippen LogP contribution in [0.4, 0.5) is 5.82 Å². The molecule has 3 aliphatic heterocycles. The van der Waals surface area contributed by atoms with Crippen molar-refractivity contribution in [2.75, 3.05) is 18.0 Å². The number of carbonyl (C=O) groups is 1. The van der Waals surface area contributed by atoms with Gasteiger partial charge in [-0.15, -0.1) is 0 Å². The Morgan fingerprint density at radius 3 is 2.59 bits per heavy atom. The number of fused-ring (bicyclic) bond motifs is 1. The van der Waals surface area contributed by atoms with Gasteiger partial charge < -0.3 is 14.5 Å². The Balaban J connectivity index is 1.32. The monoisotopic (exact) mass is 388 g/mol. The first-order chi connectivity index (χ1) is 14.1. The van der Waals surface area contributed by atoms with Gasteiger partial charge in [0, 0.05) is 25.9 Å². The predicted octanol–water partition coefficient (Wildman–Crippen LogP) is 3.32. The van der Waals surface area contributed by atoms with Gasteiger partial charge in [0.05, 0.1) is 17.3 Å². The first-order valence-electron chi connectivity index (χ1n) is 10.3. The number of pyridine rings is 1. The number of amides is 1. The van der Waals surface area contributed by atoms with Crippen LogP contribution in [0.3, 0.4) is 0 Å². The zero-order valence-corrected chi connectivity index (χ0v) is 16.5. The van der Waals surface area contributed by atoms with Crippen LogP contribution in [0.2, 0.25) is 0 Å². The van der Waals surface area contributed by atoms with Crippen molar-refractivity contribution >= 4 is 11.7 Å².